The van der Waals surface area contributed by atoms with Crippen LogP contribution in [0.3, 0.4) is 0 Å². The molecule has 2 N–H and O–H groups in total. The Morgan fingerprint density at radius 3 is 2.27 bits per heavy atom. The van der Waals surface area contributed by atoms with Gasteiger partial charge in [0.25, 0.3) is 5.91 Å². The molecule has 0 heterocycles. The minimum Gasteiger partial charge on any atom is -0.324 e. The molecule has 3 aromatic rings. The number of amides is 1. The Labute approximate surface area is 190 Å². The number of benzene rings is 3. The van der Waals surface area contributed by atoms with Gasteiger partial charge in [0, 0.05) is 23.4 Å². The van der Waals surface area contributed by atoms with Crippen molar-refractivity contribution in [2.24, 2.45) is 0 Å². The van der Waals surface area contributed by atoms with Crippen LogP contribution in [-0.4, -0.2) is 17.2 Å². The topological polar surface area (TPSA) is 58.2 Å². The van der Waals surface area contributed by atoms with Gasteiger partial charge in [-0.2, -0.15) is 0 Å². The lowest BCUT2D eigenvalue weighted by Gasteiger charge is -2.13. The number of carbonyl (C=O) groups excluding carboxylic acids is 2. The summed E-state index contributed by atoms with van der Waals surface area (Å²) < 4.78 is 0. The van der Waals surface area contributed by atoms with Crippen molar-refractivity contribution in [3.8, 4) is 0 Å². The van der Waals surface area contributed by atoms with Crippen molar-refractivity contribution < 1.29 is 9.59 Å². The second-order valence-electron chi connectivity index (χ2n) is 6.76. The highest BCUT2D eigenvalue weighted by molar-refractivity contribution is 6.42. The van der Waals surface area contributed by atoms with E-state index in [1.54, 1.807) is 36.4 Å². The molecule has 0 bridgehead atoms. The highest BCUT2D eigenvalue weighted by atomic mass is 35.5. The van der Waals surface area contributed by atoms with Crippen molar-refractivity contribution in [1.82, 2.24) is 5.32 Å². The Bertz CT molecular complexity index is 1070. The van der Waals surface area contributed by atoms with Gasteiger partial charge in [0.05, 0.1) is 10.0 Å². The number of carbonyl (C=O) groups is 2. The van der Waals surface area contributed by atoms with E-state index in [1.165, 1.54) is 6.07 Å². The summed E-state index contributed by atoms with van der Waals surface area (Å²) in [5.41, 5.74) is 2.71. The molecule has 4 nitrogen and oxygen atoms in total. The molecule has 30 heavy (non-hydrogen) atoms. The van der Waals surface area contributed by atoms with Crippen molar-refractivity contribution in [2.45, 2.75) is 19.0 Å². The molecule has 0 fully saturated rings. The lowest BCUT2D eigenvalue weighted by molar-refractivity contribution is -0.116. The van der Waals surface area contributed by atoms with E-state index in [1.807, 2.05) is 31.2 Å². The van der Waals surface area contributed by atoms with E-state index in [4.69, 9.17) is 34.8 Å². The molecule has 0 saturated carbocycles. The van der Waals surface area contributed by atoms with Crippen LogP contribution in [0.5, 0.6) is 0 Å². The maximum atomic E-state index is 12.6. The highest BCUT2D eigenvalue weighted by Crippen LogP contribution is 2.24. The van der Waals surface area contributed by atoms with E-state index < -0.39 is 5.50 Å². The van der Waals surface area contributed by atoms with Gasteiger partial charge >= 0.3 is 0 Å². The van der Waals surface area contributed by atoms with Crippen LogP contribution in [0.15, 0.2) is 66.7 Å². The number of halogens is 3. The predicted octanol–water partition coefficient (Wildman–Crippen LogP) is 5.83. The normalized spacial score (nSPS) is 11.7. The zero-order chi connectivity index (χ0) is 21.7. The molecule has 0 aliphatic carbocycles. The Morgan fingerprint density at radius 2 is 1.60 bits per heavy atom. The minimum absolute atomic E-state index is 0.193. The van der Waals surface area contributed by atoms with Gasteiger partial charge in [-0.1, -0.05) is 64.6 Å². The third-order valence-electron chi connectivity index (χ3n) is 4.39. The van der Waals surface area contributed by atoms with Crippen LogP contribution in [0.25, 0.3) is 0 Å². The summed E-state index contributed by atoms with van der Waals surface area (Å²) in [4.78, 5) is 24.9. The summed E-state index contributed by atoms with van der Waals surface area (Å²) in [5, 5.41) is 6.42. The number of rotatable bonds is 7. The molecular formula is C23H19Cl3N2O2. The van der Waals surface area contributed by atoms with E-state index in [0.29, 0.717) is 33.4 Å². The zero-order valence-electron chi connectivity index (χ0n) is 16.1. The number of aryl methyl sites for hydroxylation is 1. The van der Waals surface area contributed by atoms with E-state index in [2.05, 4.69) is 10.6 Å². The molecule has 1 atom stereocenters. The average molecular weight is 462 g/mol. The van der Waals surface area contributed by atoms with Crippen molar-refractivity contribution in [2.75, 3.05) is 5.32 Å². The van der Waals surface area contributed by atoms with Crippen LogP contribution in [0.4, 0.5) is 5.69 Å². The number of hydrogen-bond donors (Lipinski definition) is 2. The SMILES string of the molecule is Cc1cccc(CNC(Cl)C(=O)Nc2ccc(C(=O)c3ccc(Cl)c(Cl)c3)cc2)c1. The van der Waals surface area contributed by atoms with Crippen LogP contribution in [0.1, 0.15) is 27.0 Å². The molecule has 1 unspecified atom stereocenters. The molecule has 3 aromatic carbocycles. The second kappa shape index (κ2) is 10.1. The molecule has 0 aliphatic heterocycles. The molecule has 7 heteroatoms. The van der Waals surface area contributed by atoms with Gasteiger partial charge in [0.15, 0.2) is 11.3 Å². The molecular weight excluding hydrogens is 443 g/mol. The Morgan fingerprint density at radius 1 is 0.900 bits per heavy atom. The van der Waals surface area contributed by atoms with Crippen molar-refractivity contribution in [3.05, 3.63) is 99.0 Å². The fourth-order valence-corrected chi connectivity index (χ4v) is 3.27. The number of hydrogen-bond acceptors (Lipinski definition) is 3. The van der Waals surface area contributed by atoms with Gasteiger partial charge in [-0.25, -0.2) is 0 Å². The Hall–Kier alpha value is -2.37. The van der Waals surface area contributed by atoms with Crippen LogP contribution < -0.4 is 10.6 Å². The largest absolute Gasteiger partial charge is 0.324 e. The van der Waals surface area contributed by atoms with E-state index in [9.17, 15) is 9.59 Å². The molecule has 0 saturated heterocycles. The van der Waals surface area contributed by atoms with E-state index in [-0.39, 0.29) is 11.7 Å². The molecule has 0 spiro atoms. The standard InChI is InChI=1S/C23H19Cl3N2O2/c1-14-3-2-4-15(11-14)13-27-22(26)23(30)28-18-8-5-16(6-9-18)21(29)17-7-10-19(24)20(25)12-17/h2-12,22,27H,13H2,1H3,(H,28,30). The van der Waals surface area contributed by atoms with Crippen LogP contribution in [-0.2, 0) is 11.3 Å². The molecule has 1 amide bonds. The first-order valence-electron chi connectivity index (χ1n) is 9.17. The highest BCUT2D eigenvalue weighted by Gasteiger charge is 2.16. The number of ketones is 1. The van der Waals surface area contributed by atoms with Crippen LogP contribution in [0, 0.1) is 6.92 Å². The number of anilines is 1. The quantitative estimate of drug-likeness (QED) is 0.264. The maximum Gasteiger partial charge on any atom is 0.256 e. The fourth-order valence-electron chi connectivity index (χ4n) is 2.84. The summed E-state index contributed by atoms with van der Waals surface area (Å²) in [6.45, 7) is 2.48. The molecule has 154 valence electrons. The molecule has 3 rings (SSSR count). The lowest BCUT2D eigenvalue weighted by atomic mass is 10.0. The summed E-state index contributed by atoms with van der Waals surface area (Å²) in [7, 11) is 0. The fraction of sp³-hybridized carbons (Fsp3) is 0.130. The average Bonchev–Trinajstić information content (AvgIpc) is 2.74. The molecule has 0 aliphatic rings. The summed E-state index contributed by atoms with van der Waals surface area (Å²) in [5.74, 6) is -0.575. The van der Waals surface area contributed by atoms with Crippen molar-refractivity contribution in [3.63, 3.8) is 0 Å². The zero-order valence-corrected chi connectivity index (χ0v) is 18.4. The van der Waals surface area contributed by atoms with E-state index >= 15 is 0 Å². The van der Waals surface area contributed by atoms with E-state index in [0.717, 1.165) is 11.1 Å². The lowest BCUT2D eigenvalue weighted by Crippen LogP contribution is -2.35. The maximum absolute atomic E-state index is 12.6. The monoisotopic (exact) mass is 460 g/mol. The number of alkyl halides is 1. The first-order chi connectivity index (χ1) is 14.3. The van der Waals surface area contributed by atoms with Gasteiger partial charge in [0.1, 0.15) is 0 Å². The van der Waals surface area contributed by atoms with Gasteiger partial charge in [0.2, 0.25) is 0 Å². The Balaban J connectivity index is 1.58. The van der Waals surface area contributed by atoms with Crippen LogP contribution >= 0.6 is 34.8 Å². The smallest absolute Gasteiger partial charge is 0.256 e. The van der Waals surface area contributed by atoms with Gasteiger partial charge in [-0.05, 0) is 55.0 Å². The summed E-state index contributed by atoms with van der Waals surface area (Å²) in [6.07, 6.45) is 0. The number of nitrogens with one attached hydrogen (secondary N) is 2. The molecule has 0 radical (unpaired) electrons. The predicted molar refractivity (Wildman–Crippen MR) is 123 cm³/mol. The van der Waals surface area contributed by atoms with Crippen molar-refractivity contribution >= 4 is 52.2 Å². The Kier molecular flexibility index (Phi) is 7.51. The van der Waals surface area contributed by atoms with Gasteiger partial charge in [-0.3, -0.25) is 14.9 Å². The third kappa shape index (κ3) is 5.83. The van der Waals surface area contributed by atoms with Crippen LogP contribution in [0.2, 0.25) is 10.0 Å². The first-order valence-corrected chi connectivity index (χ1v) is 10.4. The van der Waals surface area contributed by atoms with Crippen molar-refractivity contribution in [1.29, 1.82) is 0 Å². The summed E-state index contributed by atoms with van der Waals surface area (Å²) >= 11 is 18.0. The molecule has 0 aromatic heterocycles. The summed E-state index contributed by atoms with van der Waals surface area (Å²) in [6, 6.07) is 19.2. The minimum atomic E-state index is -0.900. The van der Waals surface area contributed by atoms with Gasteiger partial charge < -0.3 is 5.32 Å². The second-order valence-corrected chi connectivity index (χ2v) is 8.01. The van der Waals surface area contributed by atoms with Gasteiger partial charge in [-0.15, -0.1) is 0 Å². The third-order valence-corrected chi connectivity index (χ3v) is 5.49. The first kappa shape index (κ1) is 22.3.